The zero-order chi connectivity index (χ0) is 12.3. The molecular weight excluding hydrogens is 240 g/mol. The molecule has 2 aromatic heterocycles. The van der Waals surface area contributed by atoms with Gasteiger partial charge in [0.15, 0.2) is 0 Å². The topological polar surface area (TPSA) is 80.0 Å². The fourth-order valence-electron chi connectivity index (χ4n) is 1.04. The smallest absolute Gasteiger partial charge is 0.263 e. The van der Waals surface area contributed by atoms with Gasteiger partial charge in [0.05, 0.1) is 6.20 Å². The van der Waals surface area contributed by atoms with Crippen LogP contribution in [0.1, 0.15) is 0 Å². The van der Waals surface area contributed by atoms with Gasteiger partial charge in [0.2, 0.25) is 17.1 Å². The quantitative estimate of drug-likeness (QED) is 0.867. The van der Waals surface area contributed by atoms with E-state index in [9.17, 15) is 0 Å². The van der Waals surface area contributed by atoms with Crippen molar-refractivity contribution in [3.8, 4) is 0 Å². The van der Waals surface area contributed by atoms with E-state index >= 15 is 0 Å². The number of hydrogen-bond acceptors (Lipinski definition) is 8. The normalized spacial score (nSPS) is 10.3. The SMILES string of the molecule is CNc1nc(Sc2ncco2)nc(N(C)C)n1. The summed E-state index contributed by atoms with van der Waals surface area (Å²) in [6.45, 7) is 0. The lowest BCUT2D eigenvalue weighted by Gasteiger charge is -2.11. The number of nitrogens with zero attached hydrogens (tertiary/aromatic N) is 5. The molecule has 7 nitrogen and oxygen atoms in total. The summed E-state index contributed by atoms with van der Waals surface area (Å²) in [7, 11) is 5.50. The highest BCUT2D eigenvalue weighted by Crippen LogP contribution is 2.24. The third-order valence-corrected chi connectivity index (χ3v) is 2.56. The van der Waals surface area contributed by atoms with Gasteiger partial charge in [-0.15, -0.1) is 0 Å². The van der Waals surface area contributed by atoms with Gasteiger partial charge >= 0.3 is 0 Å². The largest absolute Gasteiger partial charge is 0.440 e. The molecule has 0 aliphatic heterocycles. The highest BCUT2D eigenvalue weighted by atomic mass is 32.2. The van der Waals surface area contributed by atoms with Gasteiger partial charge < -0.3 is 14.6 Å². The first-order valence-electron chi connectivity index (χ1n) is 4.87. The number of nitrogens with one attached hydrogen (secondary N) is 1. The van der Waals surface area contributed by atoms with Crippen molar-refractivity contribution in [3.63, 3.8) is 0 Å². The molecule has 0 amide bonds. The van der Waals surface area contributed by atoms with Crippen molar-refractivity contribution < 1.29 is 4.42 Å². The van der Waals surface area contributed by atoms with Crippen LogP contribution in [-0.2, 0) is 0 Å². The van der Waals surface area contributed by atoms with Crippen molar-refractivity contribution in [1.82, 2.24) is 19.9 Å². The van der Waals surface area contributed by atoms with E-state index in [0.717, 1.165) is 0 Å². The summed E-state index contributed by atoms with van der Waals surface area (Å²) in [5.41, 5.74) is 0. The van der Waals surface area contributed by atoms with Gasteiger partial charge in [0, 0.05) is 32.9 Å². The Kier molecular flexibility index (Phi) is 3.43. The van der Waals surface area contributed by atoms with Crippen LogP contribution in [0.3, 0.4) is 0 Å². The second-order valence-electron chi connectivity index (χ2n) is 3.29. The Labute approximate surface area is 103 Å². The molecule has 0 saturated carbocycles. The predicted octanol–water partition coefficient (Wildman–Crippen LogP) is 1.12. The van der Waals surface area contributed by atoms with Crippen LogP contribution in [0, 0.1) is 0 Å². The first-order chi connectivity index (χ1) is 8.19. The Morgan fingerprint density at radius 1 is 1.29 bits per heavy atom. The van der Waals surface area contributed by atoms with Gasteiger partial charge in [-0.3, -0.25) is 0 Å². The molecule has 90 valence electrons. The molecule has 0 atom stereocenters. The molecule has 0 fully saturated rings. The predicted molar refractivity (Wildman–Crippen MR) is 64.3 cm³/mol. The van der Waals surface area contributed by atoms with Crippen LogP contribution in [-0.4, -0.2) is 41.1 Å². The van der Waals surface area contributed by atoms with Crippen LogP contribution in [0.2, 0.25) is 0 Å². The average Bonchev–Trinajstić information content (AvgIpc) is 2.81. The standard InChI is InChI=1S/C9H12N6OS/c1-10-6-12-7(15(2)3)14-8(13-6)17-9-11-4-5-16-9/h4-5H,1-3H3,(H,10,12,13,14). The van der Waals surface area contributed by atoms with E-state index < -0.39 is 0 Å². The first-order valence-corrected chi connectivity index (χ1v) is 5.69. The summed E-state index contributed by atoms with van der Waals surface area (Å²) >= 11 is 1.25. The molecule has 2 rings (SSSR count). The molecule has 17 heavy (non-hydrogen) atoms. The van der Waals surface area contributed by atoms with Crippen molar-refractivity contribution in [2.45, 2.75) is 10.4 Å². The number of anilines is 2. The molecule has 2 heterocycles. The lowest BCUT2D eigenvalue weighted by atomic mass is 10.8. The molecule has 1 N–H and O–H groups in total. The number of oxazole rings is 1. The Hall–Kier alpha value is -1.83. The fraction of sp³-hybridized carbons (Fsp3) is 0.333. The third-order valence-electron chi connectivity index (χ3n) is 1.81. The molecule has 0 aliphatic carbocycles. The van der Waals surface area contributed by atoms with E-state index in [2.05, 4.69) is 25.3 Å². The maximum absolute atomic E-state index is 5.13. The Bertz CT molecular complexity index is 486. The molecule has 0 radical (unpaired) electrons. The van der Waals surface area contributed by atoms with E-state index in [4.69, 9.17) is 4.42 Å². The summed E-state index contributed by atoms with van der Waals surface area (Å²) < 4.78 is 5.13. The van der Waals surface area contributed by atoms with Gasteiger partial charge in [0.25, 0.3) is 5.22 Å². The van der Waals surface area contributed by atoms with Gasteiger partial charge in [0.1, 0.15) is 6.26 Å². The van der Waals surface area contributed by atoms with Crippen LogP contribution >= 0.6 is 11.8 Å². The van der Waals surface area contributed by atoms with Crippen LogP contribution in [0.25, 0.3) is 0 Å². The average molecular weight is 252 g/mol. The number of hydrogen-bond donors (Lipinski definition) is 1. The van der Waals surface area contributed by atoms with E-state index in [0.29, 0.717) is 22.3 Å². The summed E-state index contributed by atoms with van der Waals surface area (Å²) in [5, 5.41) is 3.93. The van der Waals surface area contributed by atoms with Crippen molar-refractivity contribution >= 4 is 23.7 Å². The summed E-state index contributed by atoms with van der Waals surface area (Å²) in [6, 6.07) is 0. The molecule has 0 aliphatic rings. The maximum Gasteiger partial charge on any atom is 0.263 e. The second kappa shape index (κ2) is 5.00. The van der Waals surface area contributed by atoms with E-state index in [1.807, 2.05) is 19.0 Å². The minimum absolute atomic E-state index is 0.503. The van der Waals surface area contributed by atoms with E-state index in [-0.39, 0.29) is 0 Å². The molecule has 0 spiro atoms. The first kappa shape index (κ1) is 11.6. The summed E-state index contributed by atoms with van der Waals surface area (Å²) in [5.74, 6) is 1.09. The lowest BCUT2D eigenvalue weighted by Crippen LogP contribution is -2.15. The molecule has 0 aromatic carbocycles. The highest BCUT2D eigenvalue weighted by Gasteiger charge is 2.10. The zero-order valence-electron chi connectivity index (χ0n) is 9.71. The maximum atomic E-state index is 5.13. The molecule has 8 heteroatoms. The fourth-order valence-corrected chi connectivity index (χ4v) is 1.67. The van der Waals surface area contributed by atoms with Crippen LogP contribution in [0.5, 0.6) is 0 Å². The van der Waals surface area contributed by atoms with Crippen LogP contribution < -0.4 is 10.2 Å². The molecular formula is C9H12N6OS. The number of aromatic nitrogens is 4. The number of rotatable bonds is 4. The van der Waals surface area contributed by atoms with Crippen molar-refractivity contribution in [2.75, 3.05) is 31.4 Å². The van der Waals surface area contributed by atoms with Gasteiger partial charge in [-0.2, -0.15) is 15.0 Å². The van der Waals surface area contributed by atoms with Crippen molar-refractivity contribution in [1.29, 1.82) is 0 Å². The van der Waals surface area contributed by atoms with Gasteiger partial charge in [-0.25, -0.2) is 4.98 Å². The Morgan fingerprint density at radius 3 is 2.71 bits per heavy atom. The lowest BCUT2D eigenvalue weighted by molar-refractivity contribution is 0.453. The molecule has 0 unspecified atom stereocenters. The zero-order valence-corrected chi connectivity index (χ0v) is 10.5. The van der Waals surface area contributed by atoms with Crippen LogP contribution in [0.4, 0.5) is 11.9 Å². The Morgan fingerprint density at radius 2 is 2.12 bits per heavy atom. The Balaban J connectivity index is 2.29. The van der Waals surface area contributed by atoms with Gasteiger partial charge in [-0.05, 0) is 0 Å². The van der Waals surface area contributed by atoms with Crippen molar-refractivity contribution in [3.05, 3.63) is 12.5 Å². The molecule has 2 aromatic rings. The summed E-state index contributed by atoms with van der Waals surface area (Å²) in [4.78, 5) is 18.5. The van der Waals surface area contributed by atoms with E-state index in [1.54, 1.807) is 13.2 Å². The second-order valence-corrected chi connectivity index (χ2v) is 4.20. The molecule has 0 saturated heterocycles. The van der Waals surface area contributed by atoms with Gasteiger partial charge in [-0.1, -0.05) is 0 Å². The monoisotopic (exact) mass is 252 g/mol. The minimum atomic E-state index is 0.503. The van der Waals surface area contributed by atoms with Crippen LogP contribution in [0.15, 0.2) is 27.3 Å². The third kappa shape index (κ3) is 2.84. The summed E-state index contributed by atoms with van der Waals surface area (Å²) in [6.07, 6.45) is 3.09. The van der Waals surface area contributed by atoms with Crippen molar-refractivity contribution in [2.24, 2.45) is 0 Å². The van der Waals surface area contributed by atoms with E-state index in [1.165, 1.54) is 18.0 Å². The molecule has 0 bridgehead atoms. The highest BCUT2D eigenvalue weighted by molar-refractivity contribution is 7.98. The minimum Gasteiger partial charge on any atom is -0.440 e.